The molecule has 2 rings (SSSR count). The number of phenolic OH excluding ortho intramolecular Hbond substituents is 1. The van der Waals surface area contributed by atoms with E-state index in [1.54, 1.807) is 12.1 Å². The number of rotatable bonds is 5. The highest BCUT2D eigenvalue weighted by molar-refractivity contribution is 5.67. The molecule has 0 atom stereocenters. The van der Waals surface area contributed by atoms with E-state index < -0.39 is 5.97 Å². The van der Waals surface area contributed by atoms with E-state index in [2.05, 4.69) is 5.10 Å². The number of H-pyrrole nitrogens is 1. The molecule has 0 aliphatic rings. The number of nitrogens with zero attached hydrogens (tertiary/aromatic N) is 1. The molecule has 0 aliphatic carbocycles. The van der Waals surface area contributed by atoms with Crippen LogP contribution in [0.25, 0.3) is 5.69 Å². The highest BCUT2D eigenvalue weighted by Crippen LogP contribution is 2.14. The third-order valence-electron chi connectivity index (χ3n) is 3.12. The SMILES string of the molecule is CCc1[nH]n(-c2ccc(O)cc2)c(=O)c1CCC(=O)O. The van der Waals surface area contributed by atoms with Crippen molar-refractivity contribution >= 4 is 5.97 Å². The molecule has 0 bridgehead atoms. The van der Waals surface area contributed by atoms with Crippen molar-refractivity contribution in [2.75, 3.05) is 0 Å². The summed E-state index contributed by atoms with van der Waals surface area (Å²) >= 11 is 0. The first-order valence-electron chi connectivity index (χ1n) is 6.37. The van der Waals surface area contributed by atoms with E-state index in [1.807, 2.05) is 6.92 Å². The zero-order chi connectivity index (χ0) is 14.7. The van der Waals surface area contributed by atoms with Crippen LogP contribution in [-0.4, -0.2) is 26.0 Å². The number of aromatic nitrogens is 2. The molecule has 0 aliphatic heterocycles. The molecule has 20 heavy (non-hydrogen) atoms. The minimum Gasteiger partial charge on any atom is -0.508 e. The lowest BCUT2D eigenvalue weighted by Crippen LogP contribution is -2.18. The van der Waals surface area contributed by atoms with Gasteiger partial charge < -0.3 is 10.2 Å². The van der Waals surface area contributed by atoms with Gasteiger partial charge in [-0.05, 0) is 37.1 Å². The first kappa shape index (κ1) is 13.9. The van der Waals surface area contributed by atoms with Crippen molar-refractivity contribution < 1.29 is 15.0 Å². The third kappa shape index (κ3) is 2.74. The number of hydrogen-bond acceptors (Lipinski definition) is 3. The lowest BCUT2D eigenvalue weighted by molar-refractivity contribution is -0.136. The number of aryl methyl sites for hydroxylation is 1. The predicted octanol–water partition coefficient (Wildman–Crippen LogP) is 1.45. The van der Waals surface area contributed by atoms with Crippen LogP contribution in [0.1, 0.15) is 24.6 Å². The Morgan fingerprint density at radius 3 is 2.50 bits per heavy atom. The molecule has 106 valence electrons. The van der Waals surface area contributed by atoms with E-state index in [4.69, 9.17) is 5.11 Å². The highest BCUT2D eigenvalue weighted by Gasteiger charge is 2.15. The Bertz CT molecular complexity index is 667. The summed E-state index contributed by atoms with van der Waals surface area (Å²) < 4.78 is 1.37. The maximum absolute atomic E-state index is 12.3. The summed E-state index contributed by atoms with van der Waals surface area (Å²) in [7, 11) is 0. The Morgan fingerprint density at radius 1 is 1.30 bits per heavy atom. The van der Waals surface area contributed by atoms with E-state index in [1.165, 1.54) is 16.8 Å². The third-order valence-corrected chi connectivity index (χ3v) is 3.12. The number of carboxylic acids is 1. The van der Waals surface area contributed by atoms with Crippen molar-refractivity contribution in [1.82, 2.24) is 9.78 Å². The molecule has 0 saturated carbocycles. The van der Waals surface area contributed by atoms with Crippen LogP contribution in [0.2, 0.25) is 0 Å². The van der Waals surface area contributed by atoms with E-state index in [0.717, 1.165) is 5.69 Å². The molecule has 0 amide bonds. The zero-order valence-corrected chi connectivity index (χ0v) is 11.1. The van der Waals surface area contributed by atoms with E-state index in [0.29, 0.717) is 17.7 Å². The van der Waals surface area contributed by atoms with Crippen molar-refractivity contribution in [3.05, 3.63) is 45.9 Å². The van der Waals surface area contributed by atoms with Crippen LogP contribution in [-0.2, 0) is 17.6 Å². The molecule has 0 spiro atoms. The standard InChI is InChI=1S/C14H16N2O4/c1-2-12-11(7-8-13(18)19)14(20)16(15-12)9-3-5-10(17)6-4-9/h3-6,15,17H,2,7-8H2,1H3,(H,18,19). The molecule has 1 heterocycles. The van der Waals surface area contributed by atoms with Crippen molar-refractivity contribution in [1.29, 1.82) is 0 Å². The van der Waals surface area contributed by atoms with Crippen LogP contribution in [0.3, 0.4) is 0 Å². The maximum atomic E-state index is 12.3. The van der Waals surface area contributed by atoms with Gasteiger partial charge in [0, 0.05) is 17.7 Å². The number of aromatic hydroxyl groups is 1. The number of carbonyl (C=O) groups is 1. The lowest BCUT2D eigenvalue weighted by atomic mass is 10.1. The highest BCUT2D eigenvalue weighted by atomic mass is 16.4. The number of nitrogens with one attached hydrogen (secondary N) is 1. The van der Waals surface area contributed by atoms with E-state index in [9.17, 15) is 14.7 Å². The van der Waals surface area contributed by atoms with Crippen LogP contribution in [0.15, 0.2) is 29.1 Å². The number of aliphatic carboxylic acids is 1. The Balaban J connectivity index is 2.42. The van der Waals surface area contributed by atoms with Gasteiger partial charge in [-0.2, -0.15) is 0 Å². The van der Waals surface area contributed by atoms with Crippen LogP contribution in [0, 0.1) is 0 Å². The predicted molar refractivity (Wildman–Crippen MR) is 73.4 cm³/mol. The van der Waals surface area contributed by atoms with E-state index in [-0.39, 0.29) is 24.2 Å². The molecule has 3 N–H and O–H groups in total. The maximum Gasteiger partial charge on any atom is 0.303 e. The topological polar surface area (TPSA) is 95.3 Å². The largest absolute Gasteiger partial charge is 0.508 e. The molecule has 2 aromatic rings. The molecule has 6 nitrogen and oxygen atoms in total. The monoisotopic (exact) mass is 276 g/mol. The van der Waals surface area contributed by atoms with Crippen molar-refractivity contribution in [2.45, 2.75) is 26.2 Å². The first-order chi connectivity index (χ1) is 9.52. The van der Waals surface area contributed by atoms with Crippen LogP contribution >= 0.6 is 0 Å². The van der Waals surface area contributed by atoms with Crippen molar-refractivity contribution in [2.24, 2.45) is 0 Å². The fourth-order valence-electron chi connectivity index (χ4n) is 2.08. The van der Waals surface area contributed by atoms with Gasteiger partial charge in [0.05, 0.1) is 5.69 Å². The number of carboxylic acid groups (broad SMARTS) is 1. The summed E-state index contributed by atoms with van der Waals surface area (Å²) in [6.07, 6.45) is 0.754. The average molecular weight is 276 g/mol. The number of benzene rings is 1. The second kappa shape index (κ2) is 5.64. The van der Waals surface area contributed by atoms with Gasteiger partial charge in [0.25, 0.3) is 5.56 Å². The molecule has 0 unspecified atom stereocenters. The molecule has 0 saturated heterocycles. The quantitative estimate of drug-likeness (QED) is 0.770. The van der Waals surface area contributed by atoms with Gasteiger partial charge in [-0.15, -0.1) is 0 Å². The summed E-state index contributed by atoms with van der Waals surface area (Å²) in [6.45, 7) is 1.90. The van der Waals surface area contributed by atoms with E-state index >= 15 is 0 Å². The van der Waals surface area contributed by atoms with Crippen LogP contribution < -0.4 is 5.56 Å². The fourth-order valence-corrected chi connectivity index (χ4v) is 2.08. The average Bonchev–Trinajstić information content (AvgIpc) is 2.74. The minimum atomic E-state index is -0.927. The molecule has 0 radical (unpaired) electrons. The number of hydrogen-bond donors (Lipinski definition) is 3. The number of aromatic amines is 1. The summed E-state index contributed by atoms with van der Waals surface area (Å²) in [5.74, 6) is -0.806. The molecular weight excluding hydrogens is 260 g/mol. The van der Waals surface area contributed by atoms with Gasteiger partial charge in [0.15, 0.2) is 0 Å². The fraction of sp³-hybridized carbons (Fsp3) is 0.286. The number of phenols is 1. The van der Waals surface area contributed by atoms with Gasteiger partial charge in [0.2, 0.25) is 0 Å². The Morgan fingerprint density at radius 2 is 1.95 bits per heavy atom. The zero-order valence-electron chi connectivity index (χ0n) is 11.1. The van der Waals surface area contributed by atoms with Gasteiger partial charge in [-0.1, -0.05) is 6.92 Å². The van der Waals surface area contributed by atoms with Gasteiger partial charge in [-0.25, -0.2) is 4.68 Å². The minimum absolute atomic E-state index is 0.0737. The van der Waals surface area contributed by atoms with Gasteiger partial charge in [-0.3, -0.25) is 14.7 Å². The molecular formula is C14H16N2O4. The summed E-state index contributed by atoms with van der Waals surface area (Å²) in [5, 5.41) is 21.0. The van der Waals surface area contributed by atoms with Crippen molar-refractivity contribution in [3.8, 4) is 11.4 Å². The molecule has 1 aromatic heterocycles. The summed E-state index contributed by atoms with van der Waals surface area (Å²) in [5.41, 5.74) is 1.60. The Hall–Kier alpha value is -2.50. The summed E-state index contributed by atoms with van der Waals surface area (Å²) in [6, 6.07) is 6.22. The van der Waals surface area contributed by atoms with Crippen LogP contribution in [0.5, 0.6) is 5.75 Å². The van der Waals surface area contributed by atoms with Gasteiger partial charge in [0.1, 0.15) is 5.75 Å². The molecule has 0 fully saturated rings. The van der Waals surface area contributed by atoms with Crippen LogP contribution in [0.4, 0.5) is 0 Å². The molecule has 6 heteroatoms. The normalized spacial score (nSPS) is 10.7. The molecule has 1 aromatic carbocycles. The smallest absolute Gasteiger partial charge is 0.303 e. The van der Waals surface area contributed by atoms with Gasteiger partial charge >= 0.3 is 5.97 Å². The first-order valence-corrected chi connectivity index (χ1v) is 6.37. The lowest BCUT2D eigenvalue weighted by Gasteiger charge is -2.01. The second-order valence-corrected chi connectivity index (χ2v) is 4.47. The second-order valence-electron chi connectivity index (χ2n) is 4.47. The Labute approximate surface area is 115 Å². The Kier molecular flexibility index (Phi) is 3.93. The van der Waals surface area contributed by atoms with Crippen molar-refractivity contribution in [3.63, 3.8) is 0 Å². The summed E-state index contributed by atoms with van der Waals surface area (Å²) in [4.78, 5) is 23.0.